The van der Waals surface area contributed by atoms with Crippen molar-refractivity contribution in [2.24, 2.45) is 11.8 Å². The molecule has 0 aromatic heterocycles. The first-order chi connectivity index (χ1) is 10.2. The Hall–Kier alpha value is -1.26. The molecule has 1 heterocycles. The molecule has 0 radical (unpaired) electrons. The molecule has 1 aliphatic heterocycles. The number of aliphatic hydroxyl groups excluding tert-OH is 1. The lowest BCUT2D eigenvalue weighted by atomic mass is 10.1. The van der Waals surface area contributed by atoms with E-state index in [4.69, 9.17) is 9.47 Å². The summed E-state index contributed by atoms with van der Waals surface area (Å²) in [5.41, 5.74) is 0.881. The van der Waals surface area contributed by atoms with Gasteiger partial charge in [-0.25, -0.2) is 0 Å². The number of rotatable bonds is 5. The lowest BCUT2D eigenvalue weighted by molar-refractivity contribution is 0.162. The van der Waals surface area contributed by atoms with E-state index in [-0.39, 0.29) is 0 Å². The third kappa shape index (κ3) is 3.69. The SMILES string of the molecule is CC1CCC(CNCC(O)c2ccc3c(c2)OCCO3)C1. The number of ether oxygens (including phenoxy) is 2. The molecule has 1 aromatic rings. The molecule has 3 unspecified atom stereocenters. The fourth-order valence-electron chi connectivity index (χ4n) is 3.32. The van der Waals surface area contributed by atoms with Gasteiger partial charge in [-0.1, -0.05) is 19.4 Å². The molecule has 0 amide bonds. The number of fused-ring (bicyclic) bond motifs is 1. The summed E-state index contributed by atoms with van der Waals surface area (Å²) in [6, 6.07) is 5.68. The first kappa shape index (κ1) is 14.7. The Labute approximate surface area is 126 Å². The maximum absolute atomic E-state index is 10.3. The Morgan fingerprint density at radius 2 is 2.05 bits per heavy atom. The van der Waals surface area contributed by atoms with E-state index in [1.54, 1.807) is 0 Å². The highest BCUT2D eigenvalue weighted by Gasteiger charge is 2.21. The van der Waals surface area contributed by atoms with Gasteiger partial charge >= 0.3 is 0 Å². The summed E-state index contributed by atoms with van der Waals surface area (Å²) in [6.07, 6.45) is 3.47. The minimum Gasteiger partial charge on any atom is -0.486 e. The van der Waals surface area contributed by atoms with Gasteiger partial charge in [0.15, 0.2) is 11.5 Å². The van der Waals surface area contributed by atoms with E-state index < -0.39 is 6.10 Å². The van der Waals surface area contributed by atoms with Gasteiger partial charge in [0.1, 0.15) is 13.2 Å². The second-order valence-electron chi connectivity index (χ2n) is 6.36. The van der Waals surface area contributed by atoms with E-state index >= 15 is 0 Å². The summed E-state index contributed by atoms with van der Waals surface area (Å²) in [4.78, 5) is 0. The lowest BCUT2D eigenvalue weighted by Crippen LogP contribution is -2.26. The lowest BCUT2D eigenvalue weighted by Gasteiger charge is -2.20. The van der Waals surface area contributed by atoms with Crippen LogP contribution >= 0.6 is 0 Å². The van der Waals surface area contributed by atoms with Crippen molar-refractivity contribution < 1.29 is 14.6 Å². The Kier molecular flexibility index (Phi) is 4.66. The first-order valence-electron chi connectivity index (χ1n) is 8.00. The molecule has 3 rings (SSSR count). The van der Waals surface area contributed by atoms with Crippen molar-refractivity contribution in [3.05, 3.63) is 23.8 Å². The minimum absolute atomic E-state index is 0.500. The monoisotopic (exact) mass is 291 g/mol. The summed E-state index contributed by atoms with van der Waals surface area (Å²) < 4.78 is 11.0. The van der Waals surface area contributed by atoms with E-state index in [1.807, 2.05) is 18.2 Å². The standard InChI is InChI=1S/C17H25NO3/c1-12-2-3-13(8-12)10-18-11-15(19)14-4-5-16-17(9-14)21-7-6-20-16/h4-5,9,12-13,15,18-19H,2-3,6-8,10-11H2,1H3. The van der Waals surface area contributed by atoms with Gasteiger partial charge in [-0.2, -0.15) is 0 Å². The molecule has 1 fully saturated rings. The number of nitrogens with one attached hydrogen (secondary N) is 1. The van der Waals surface area contributed by atoms with Crippen LogP contribution < -0.4 is 14.8 Å². The van der Waals surface area contributed by atoms with E-state index in [2.05, 4.69) is 12.2 Å². The van der Waals surface area contributed by atoms with Crippen LogP contribution in [-0.2, 0) is 0 Å². The van der Waals surface area contributed by atoms with E-state index in [9.17, 15) is 5.11 Å². The summed E-state index contributed by atoms with van der Waals surface area (Å²) >= 11 is 0. The maximum Gasteiger partial charge on any atom is 0.161 e. The second kappa shape index (κ2) is 6.67. The average molecular weight is 291 g/mol. The summed E-state index contributed by atoms with van der Waals surface area (Å²) in [5, 5.41) is 13.7. The van der Waals surface area contributed by atoms with Crippen LogP contribution in [-0.4, -0.2) is 31.4 Å². The molecule has 0 spiro atoms. The van der Waals surface area contributed by atoms with Crippen LogP contribution in [0.1, 0.15) is 37.9 Å². The van der Waals surface area contributed by atoms with Crippen LogP contribution in [0.2, 0.25) is 0 Å². The molecule has 0 saturated heterocycles. The van der Waals surface area contributed by atoms with Gasteiger partial charge in [-0.05, 0) is 48.9 Å². The van der Waals surface area contributed by atoms with Gasteiger partial charge in [0.05, 0.1) is 6.10 Å². The quantitative estimate of drug-likeness (QED) is 0.875. The highest BCUT2D eigenvalue weighted by atomic mass is 16.6. The maximum atomic E-state index is 10.3. The number of benzene rings is 1. The van der Waals surface area contributed by atoms with Gasteiger partial charge in [0.2, 0.25) is 0 Å². The number of aliphatic hydroxyl groups is 1. The third-order valence-electron chi connectivity index (χ3n) is 4.53. The molecule has 21 heavy (non-hydrogen) atoms. The molecule has 1 saturated carbocycles. The highest BCUT2D eigenvalue weighted by molar-refractivity contribution is 5.44. The van der Waals surface area contributed by atoms with Gasteiger partial charge in [0, 0.05) is 6.54 Å². The van der Waals surface area contributed by atoms with Crippen molar-refractivity contribution in [2.75, 3.05) is 26.3 Å². The first-order valence-corrected chi connectivity index (χ1v) is 8.00. The van der Waals surface area contributed by atoms with Gasteiger partial charge in [-0.3, -0.25) is 0 Å². The summed E-state index contributed by atoms with van der Waals surface area (Å²) in [5.74, 6) is 3.14. The Bertz CT molecular complexity index is 477. The number of hydrogen-bond donors (Lipinski definition) is 2. The molecular weight excluding hydrogens is 266 g/mol. The van der Waals surface area contributed by atoms with Crippen LogP contribution in [0.3, 0.4) is 0 Å². The van der Waals surface area contributed by atoms with Crippen molar-refractivity contribution in [2.45, 2.75) is 32.3 Å². The third-order valence-corrected chi connectivity index (χ3v) is 4.53. The molecule has 0 bridgehead atoms. The Balaban J connectivity index is 1.49. The van der Waals surface area contributed by atoms with Crippen LogP contribution in [0.25, 0.3) is 0 Å². The van der Waals surface area contributed by atoms with Crippen LogP contribution in [0.4, 0.5) is 0 Å². The van der Waals surface area contributed by atoms with Crippen molar-refractivity contribution in [1.29, 1.82) is 0 Å². The van der Waals surface area contributed by atoms with E-state index in [0.29, 0.717) is 19.8 Å². The van der Waals surface area contributed by atoms with Crippen molar-refractivity contribution in [1.82, 2.24) is 5.32 Å². The largest absolute Gasteiger partial charge is 0.486 e. The van der Waals surface area contributed by atoms with Crippen molar-refractivity contribution >= 4 is 0 Å². The molecule has 3 atom stereocenters. The normalized spacial score (nSPS) is 25.8. The zero-order valence-electron chi connectivity index (χ0n) is 12.7. The average Bonchev–Trinajstić information content (AvgIpc) is 2.92. The fourth-order valence-corrected chi connectivity index (χ4v) is 3.32. The molecule has 4 nitrogen and oxygen atoms in total. The van der Waals surface area contributed by atoms with Crippen LogP contribution in [0.5, 0.6) is 11.5 Å². The minimum atomic E-state index is -0.500. The van der Waals surface area contributed by atoms with Gasteiger partial charge in [0.25, 0.3) is 0 Å². The van der Waals surface area contributed by atoms with Gasteiger partial charge in [-0.15, -0.1) is 0 Å². The predicted molar refractivity (Wildman–Crippen MR) is 81.8 cm³/mol. The van der Waals surface area contributed by atoms with Gasteiger partial charge < -0.3 is 19.9 Å². The Morgan fingerprint density at radius 3 is 2.81 bits per heavy atom. The topological polar surface area (TPSA) is 50.7 Å². The fraction of sp³-hybridized carbons (Fsp3) is 0.647. The molecule has 1 aliphatic carbocycles. The summed E-state index contributed by atoms with van der Waals surface area (Å²) in [6.45, 7) is 5.08. The molecule has 1 aromatic carbocycles. The molecule has 116 valence electrons. The predicted octanol–water partition coefficient (Wildman–Crippen LogP) is 2.52. The molecule has 2 N–H and O–H groups in total. The smallest absolute Gasteiger partial charge is 0.161 e. The van der Waals surface area contributed by atoms with E-state index in [1.165, 1.54) is 19.3 Å². The summed E-state index contributed by atoms with van der Waals surface area (Å²) in [7, 11) is 0. The van der Waals surface area contributed by atoms with Crippen LogP contribution in [0.15, 0.2) is 18.2 Å². The Morgan fingerprint density at radius 1 is 1.24 bits per heavy atom. The molecule has 4 heteroatoms. The molecular formula is C17H25NO3. The zero-order valence-corrected chi connectivity index (χ0v) is 12.7. The second-order valence-corrected chi connectivity index (χ2v) is 6.36. The highest BCUT2D eigenvalue weighted by Crippen LogP contribution is 2.33. The molecule has 2 aliphatic rings. The number of hydrogen-bond acceptors (Lipinski definition) is 4. The van der Waals surface area contributed by atoms with Crippen LogP contribution in [0, 0.1) is 11.8 Å². The zero-order chi connectivity index (χ0) is 14.7. The van der Waals surface area contributed by atoms with Crippen molar-refractivity contribution in [3.8, 4) is 11.5 Å². The van der Waals surface area contributed by atoms with E-state index in [0.717, 1.165) is 35.4 Å². The van der Waals surface area contributed by atoms with Crippen molar-refractivity contribution in [3.63, 3.8) is 0 Å².